The minimum Gasteiger partial charge on any atom is -0.489 e. The van der Waals surface area contributed by atoms with Gasteiger partial charge in [-0.2, -0.15) is 0 Å². The first-order valence-electron chi connectivity index (χ1n) is 8.66. The van der Waals surface area contributed by atoms with Gasteiger partial charge in [-0.1, -0.05) is 42.5 Å². The van der Waals surface area contributed by atoms with Crippen LogP contribution in [0.2, 0.25) is 0 Å². The van der Waals surface area contributed by atoms with Crippen LogP contribution < -0.4 is 15.4 Å². The molecule has 5 nitrogen and oxygen atoms in total. The van der Waals surface area contributed by atoms with E-state index in [-0.39, 0.29) is 11.9 Å². The maximum absolute atomic E-state index is 12.0. The van der Waals surface area contributed by atoms with E-state index < -0.39 is 0 Å². The van der Waals surface area contributed by atoms with Gasteiger partial charge in [0, 0.05) is 13.1 Å². The number of hydrogen-bond donors (Lipinski definition) is 2. The Morgan fingerprint density at radius 2 is 1.92 bits per heavy atom. The number of rotatable bonds is 7. The molecule has 2 aromatic carbocycles. The number of nitrogens with one attached hydrogen (secondary N) is 2. The highest BCUT2D eigenvalue weighted by atomic mass is 16.5. The van der Waals surface area contributed by atoms with Gasteiger partial charge in [-0.3, -0.25) is 4.79 Å². The van der Waals surface area contributed by atoms with Crippen molar-refractivity contribution >= 4 is 5.91 Å². The molecule has 0 aromatic heterocycles. The monoisotopic (exact) mass is 340 g/mol. The van der Waals surface area contributed by atoms with E-state index >= 15 is 0 Å². The van der Waals surface area contributed by atoms with Crippen LogP contribution in [0.4, 0.5) is 0 Å². The van der Waals surface area contributed by atoms with Crippen LogP contribution in [0, 0.1) is 0 Å². The van der Waals surface area contributed by atoms with E-state index in [9.17, 15) is 4.79 Å². The average Bonchev–Trinajstić information content (AvgIpc) is 2.69. The van der Waals surface area contributed by atoms with Crippen molar-refractivity contribution in [1.29, 1.82) is 0 Å². The fourth-order valence-corrected chi connectivity index (χ4v) is 2.68. The van der Waals surface area contributed by atoms with Gasteiger partial charge >= 0.3 is 0 Å². The summed E-state index contributed by atoms with van der Waals surface area (Å²) in [7, 11) is 0. The van der Waals surface area contributed by atoms with Gasteiger partial charge < -0.3 is 20.1 Å². The molecular weight excluding hydrogens is 316 g/mol. The van der Waals surface area contributed by atoms with Gasteiger partial charge in [0.05, 0.1) is 13.2 Å². The molecule has 0 aliphatic carbocycles. The number of carbonyl (C=O) groups is 1. The molecule has 25 heavy (non-hydrogen) atoms. The number of hydrogen-bond acceptors (Lipinski definition) is 4. The first kappa shape index (κ1) is 17.5. The normalized spacial score (nSPS) is 17.0. The summed E-state index contributed by atoms with van der Waals surface area (Å²) in [4.78, 5) is 12.0. The van der Waals surface area contributed by atoms with E-state index in [2.05, 4.69) is 10.6 Å². The zero-order chi connectivity index (χ0) is 17.3. The van der Waals surface area contributed by atoms with Crippen LogP contribution >= 0.6 is 0 Å². The zero-order valence-electron chi connectivity index (χ0n) is 14.2. The van der Waals surface area contributed by atoms with E-state index in [1.54, 1.807) is 0 Å². The topological polar surface area (TPSA) is 59.6 Å². The van der Waals surface area contributed by atoms with E-state index in [0.29, 0.717) is 26.4 Å². The van der Waals surface area contributed by atoms with Crippen molar-refractivity contribution < 1.29 is 14.3 Å². The maximum atomic E-state index is 12.0. The SMILES string of the molecule is O=C(NCCc1ccc(OCc2ccccc2)cc1)C1COCCN1. The van der Waals surface area contributed by atoms with E-state index in [1.165, 1.54) is 5.56 Å². The molecule has 2 N–H and O–H groups in total. The van der Waals surface area contributed by atoms with E-state index in [4.69, 9.17) is 9.47 Å². The van der Waals surface area contributed by atoms with Gasteiger partial charge in [0.1, 0.15) is 18.4 Å². The van der Waals surface area contributed by atoms with Crippen molar-refractivity contribution in [3.05, 3.63) is 65.7 Å². The maximum Gasteiger partial charge on any atom is 0.239 e. The molecule has 132 valence electrons. The molecule has 1 fully saturated rings. The van der Waals surface area contributed by atoms with Gasteiger partial charge in [-0.25, -0.2) is 0 Å². The van der Waals surface area contributed by atoms with Gasteiger partial charge in [-0.05, 0) is 29.7 Å². The predicted octanol–water partition coefficient (Wildman–Crippen LogP) is 1.91. The zero-order valence-corrected chi connectivity index (χ0v) is 14.2. The lowest BCUT2D eigenvalue weighted by Gasteiger charge is -2.22. The molecule has 1 amide bonds. The number of morpholine rings is 1. The molecule has 1 heterocycles. The molecule has 1 aliphatic heterocycles. The predicted molar refractivity (Wildman–Crippen MR) is 96.5 cm³/mol. The van der Waals surface area contributed by atoms with Crippen LogP contribution in [-0.4, -0.2) is 38.3 Å². The van der Waals surface area contributed by atoms with Crippen molar-refractivity contribution in [3.63, 3.8) is 0 Å². The van der Waals surface area contributed by atoms with E-state index in [1.807, 2.05) is 54.6 Å². The lowest BCUT2D eigenvalue weighted by Crippen LogP contribution is -2.51. The summed E-state index contributed by atoms with van der Waals surface area (Å²) in [6.45, 7) is 3.01. The molecule has 1 atom stereocenters. The molecule has 0 spiro atoms. The third-order valence-electron chi connectivity index (χ3n) is 4.12. The van der Waals surface area contributed by atoms with Crippen molar-refractivity contribution in [1.82, 2.24) is 10.6 Å². The van der Waals surface area contributed by atoms with Crippen molar-refractivity contribution in [2.24, 2.45) is 0 Å². The first-order chi connectivity index (χ1) is 12.3. The van der Waals surface area contributed by atoms with Crippen LogP contribution in [0.5, 0.6) is 5.75 Å². The average molecular weight is 340 g/mol. The summed E-state index contributed by atoms with van der Waals surface area (Å²) in [5, 5.41) is 6.10. The molecular formula is C20H24N2O3. The smallest absolute Gasteiger partial charge is 0.239 e. The van der Waals surface area contributed by atoms with Crippen LogP contribution in [0.1, 0.15) is 11.1 Å². The minimum atomic E-state index is -0.234. The lowest BCUT2D eigenvalue weighted by molar-refractivity contribution is -0.125. The third kappa shape index (κ3) is 5.59. The van der Waals surface area contributed by atoms with Gasteiger partial charge in [0.25, 0.3) is 0 Å². The minimum absolute atomic E-state index is 0.00233. The fraction of sp³-hybridized carbons (Fsp3) is 0.350. The molecule has 1 aliphatic rings. The highest BCUT2D eigenvalue weighted by molar-refractivity contribution is 5.81. The summed E-state index contributed by atoms with van der Waals surface area (Å²) < 4.78 is 11.1. The number of amides is 1. The van der Waals surface area contributed by atoms with Gasteiger partial charge in [0.15, 0.2) is 0 Å². The molecule has 3 rings (SSSR count). The Labute approximate surface area is 148 Å². The van der Waals surface area contributed by atoms with Crippen LogP contribution in [0.15, 0.2) is 54.6 Å². The molecule has 0 saturated carbocycles. The first-order valence-corrected chi connectivity index (χ1v) is 8.66. The largest absolute Gasteiger partial charge is 0.489 e. The lowest BCUT2D eigenvalue weighted by atomic mass is 10.1. The highest BCUT2D eigenvalue weighted by Crippen LogP contribution is 2.14. The molecule has 1 unspecified atom stereocenters. The molecule has 2 aromatic rings. The molecule has 5 heteroatoms. The van der Waals surface area contributed by atoms with E-state index in [0.717, 1.165) is 24.3 Å². The fourth-order valence-electron chi connectivity index (χ4n) is 2.68. The number of benzene rings is 2. The standard InChI is InChI=1S/C20H24N2O3/c23-20(19-15-24-13-12-21-19)22-11-10-16-6-8-18(9-7-16)25-14-17-4-2-1-3-5-17/h1-9,19,21H,10-15H2,(H,22,23). The van der Waals surface area contributed by atoms with Crippen molar-refractivity contribution in [2.45, 2.75) is 19.1 Å². The number of carbonyl (C=O) groups excluding carboxylic acids is 1. The Hall–Kier alpha value is -2.37. The Bertz CT molecular complexity index is 652. The highest BCUT2D eigenvalue weighted by Gasteiger charge is 2.20. The quantitative estimate of drug-likeness (QED) is 0.808. The van der Waals surface area contributed by atoms with Crippen LogP contribution in [-0.2, 0) is 22.6 Å². The second-order valence-corrected chi connectivity index (χ2v) is 6.04. The summed E-state index contributed by atoms with van der Waals surface area (Å²) >= 11 is 0. The Morgan fingerprint density at radius 3 is 2.64 bits per heavy atom. The third-order valence-corrected chi connectivity index (χ3v) is 4.12. The Balaban J connectivity index is 1.39. The molecule has 1 saturated heterocycles. The van der Waals surface area contributed by atoms with Crippen molar-refractivity contribution in [2.75, 3.05) is 26.3 Å². The van der Waals surface area contributed by atoms with Gasteiger partial charge in [-0.15, -0.1) is 0 Å². The summed E-state index contributed by atoms with van der Waals surface area (Å²) in [6, 6.07) is 17.9. The number of ether oxygens (including phenoxy) is 2. The Morgan fingerprint density at radius 1 is 1.12 bits per heavy atom. The second-order valence-electron chi connectivity index (χ2n) is 6.04. The summed E-state index contributed by atoms with van der Waals surface area (Å²) in [6.07, 6.45) is 0.790. The van der Waals surface area contributed by atoms with Gasteiger partial charge in [0.2, 0.25) is 5.91 Å². The second kappa shape index (κ2) is 9.20. The Kier molecular flexibility index (Phi) is 6.42. The molecule has 0 bridgehead atoms. The molecule has 0 radical (unpaired) electrons. The summed E-state index contributed by atoms with van der Waals surface area (Å²) in [5.74, 6) is 0.850. The van der Waals surface area contributed by atoms with Crippen molar-refractivity contribution in [3.8, 4) is 5.75 Å². The van der Waals surface area contributed by atoms with Crippen LogP contribution in [0.25, 0.3) is 0 Å². The summed E-state index contributed by atoms with van der Waals surface area (Å²) in [5.41, 5.74) is 2.31. The van der Waals surface area contributed by atoms with Crippen LogP contribution in [0.3, 0.4) is 0 Å².